The first-order chi connectivity index (χ1) is 11.4. The van der Waals surface area contributed by atoms with Crippen molar-refractivity contribution in [3.63, 3.8) is 0 Å². The van der Waals surface area contributed by atoms with Gasteiger partial charge in [0, 0.05) is 0 Å². The number of benzene rings is 1. The second-order valence-corrected chi connectivity index (χ2v) is 10.3. The number of thioether (sulfide) groups is 1. The molecule has 1 saturated heterocycles. The first kappa shape index (κ1) is 17.6. The summed E-state index contributed by atoms with van der Waals surface area (Å²) in [5.41, 5.74) is 0.865. The van der Waals surface area contributed by atoms with Crippen LogP contribution in [0.1, 0.15) is 6.42 Å². The molecule has 2 heterocycles. The van der Waals surface area contributed by atoms with E-state index in [-0.39, 0.29) is 17.3 Å². The van der Waals surface area contributed by atoms with Gasteiger partial charge in [0.25, 0.3) is 0 Å². The van der Waals surface area contributed by atoms with Gasteiger partial charge in [-0.15, -0.1) is 5.10 Å². The van der Waals surface area contributed by atoms with Crippen LogP contribution in [0.3, 0.4) is 0 Å². The van der Waals surface area contributed by atoms with Crippen molar-refractivity contribution in [1.82, 2.24) is 9.78 Å². The van der Waals surface area contributed by atoms with Gasteiger partial charge >= 0.3 is 5.97 Å². The lowest BCUT2D eigenvalue weighted by molar-refractivity contribution is -0.144. The third-order valence-electron chi connectivity index (χ3n) is 3.33. The Labute approximate surface area is 152 Å². The topological polar surface area (TPSA) is 78.3 Å². The van der Waals surface area contributed by atoms with Gasteiger partial charge in [-0.3, -0.25) is 4.79 Å². The largest absolute Gasteiger partial charge is 0.461 e. The third-order valence-corrected chi connectivity index (χ3v) is 7.41. The van der Waals surface area contributed by atoms with E-state index in [1.165, 1.54) is 23.1 Å². The number of ether oxygens (including phenoxy) is 1. The Balaban J connectivity index is 1.57. The molecule has 1 aliphatic heterocycles. The van der Waals surface area contributed by atoms with Gasteiger partial charge in [0.15, 0.2) is 18.1 Å². The number of para-hydroxylation sites is 1. The number of nitrogens with zero attached hydrogens (tertiary/aromatic N) is 2. The number of aromatic nitrogens is 2. The zero-order valence-electron chi connectivity index (χ0n) is 12.5. The van der Waals surface area contributed by atoms with Crippen molar-refractivity contribution in [2.24, 2.45) is 0 Å². The van der Waals surface area contributed by atoms with Crippen molar-refractivity contribution in [1.29, 1.82) is 0 Å². The number of carbonyl (C=O) groups is 1. The van der Waals surface area contributed by atoms with E-state index in [0.29, 0.717) is 14.7 Å². The molecule has 0 radical (unpaired) electrons. The van der Waals surface area contributed by atoms with Crippen molar-refractivity contribution in [2.45, 2.75) is 16.9 Å². The number of hydrogen-bond donors (Lipinski definition) is 0. The maximum absolute atomic E-state index is 11.9. The van der Waals surface area contributed by atoms with Crippen molar-refractivity contribution >= 4 is 51.1 Å². The first-order valence-electron chi connectivity index (χ1n) is 7.11. The lowest BCUT2D eigenvalue weighted by Crippen LogP contribution is -2.20. The third kappa shape index (κ3) is 4.44. The number of esters is 1. The highest BCUT2D eigenvalue weighted by Gasteiger charge is 2.30. The second kappa shape index (κ2) is 7.34. The average molecular weight is 403 g/mol. The van der Waals surface area contributed by atoms with Gasteiger partial charge in [-0.2, -0.15) is 0 Å². The molecule has 128 valence electrons. The summed E-state index contributed by atoms with van der Waals surface area (Å²) in [6.07, 6.45) is -0.150. The SMILES string of the molecule is O=C(CSc1nn(-c2ccccc2)c(=S)s1)O[C@@H]1CCS(=O)(=O)C1. The maximum Gasteiger partial charge on any atom is 0.316 e. The molecule has 0 saturated carbocycles. The molecule has 2 aromatic rings. The van der Waals surface area contributed by atoms with Crippen molar-refractivity contribution in [2.75, 3.05) is 17.3 Å². The van der Waals surface area contributed by atoms with E-state index < -0.39 is 21.9 Å². The van der Waals surface area contributed by atoms with Crippen LogP contribution in [0.5, 0.6) is 0 Å². The molecule has 1 aromatic heterocycles. The average Bonchev–Trinajstić information content (AvgIpc) is 3.08. The lowest BCUT2D eigenvalue weighted by atomic mass is 10.3. The van der Waals surface area contributed by atoms with Gasteiger partial charge in [0.2, 0.25) is 0 Å². The summed E-state index contributed by atoms with van der Waals surface area (Å²) >= 11 is 7.86. The maximum atomic E-state index is 11.9. The van der Waals surface area contributed by atoms with E-state index in [4.69, 9.17) is 17.0 Å². The molecule has 1 aromatic carbocycles. The Morgan fingerprint density at radius 3 is 2.83 bits per heavy atom. The lowest BCUT2D eigenvalue weighted by Gasteiger charge is -2.09. The van der Waals surface area contributed by atoms with E-state index >= 15 is 0 Å². The van der Waals surface area contributed by atoms with Crippen molar-refractivity contribution < 1.29 is 17.9 Å². The predicted molar refractivity (Wildman–Crippen MR) is 96.1 cm³/mol. The van der Waals surface area contributed by atoms with Crippen molar-refractivity contribution in [3.8, 4) is 5.69 Å². The molecule has 0 aliphatic carbocycles. The highest BCUT2D eigenvalue weighted by molar-refractivity contribution is 8.01. The monoisotopic (exact) mass is 402 g/mol. The number of rotatable bonds is 5. The van der Waals surface area contributed by atoms with E-state index in [0.717, 1.165) is 5.69 Å². The fourth-order valence-corrected chi connectivity index (χ4v) is 5.98. The Bertz CT molecular complexity index is 889. The summed E-state index contributed by atoms with van der Waals surface area (Å²) in [5, 5.41) is 4.40. The fraction of sp³-hybridized carbons (Fsp3) is 0.357. The van der Waals surface area contributed by atoms with Crippen LogP contribution >= 0.6 is 35.3 Å². The molecule has 0 amide bonds. The number of carbonyl (C=O) groups excluding carboxylic acids is 1. The van der Waals surface area contributed by atoms with Crippen LogP contribution in [0.2, 0.25) is 0 Å². The summed E-state index contributed by atoms with van der Waals surface area (Å²) in [7, 11) is -3.05. The molecule has 10 heteroatoms. The highest BCUT2D eigenvalue weighted by Crippen LogP contribution is 2.24. The minimum absolute atomic E-state index is 0.0770. The summed E-state index contributed by atoms with van der Waals surface area (Å²) in [6.45, 7) is 0. The zero-order chi connectivity index (χ0) is 17.2. The predicted octanol–water partition coefficient (Wildman–Crippen LogP) is 2.49. The van der Waals surface area contributed by atoms with Crippen LogP contribution in [0.15, 0.2) is 34.7 Å². The molecule has 3 rings (SSSR count). The Kier molecular flexibility index (Phi) is 5.38. The van der Waals surface area contributed by atoms with E-state index in [1.54, 1.807) is 4.68 Å². The molecule has 1 fully saturated rings. The van der Waals surface area contributed by atoms with Crippen LogP contribution in [-0.2, 0) is 19.4 Å². The highest BCUT2D eigenvalue weighted by atomic mass is 32.2. The molecule has 0 N–H and O–H groups in total. The van der Waals surface area contributed by atoms with E-state index in [1.807, 2.05) is 30.3 Å². The number of hydrogen-bond acceptors (Lipinski definition) is 8. The van der Waals surface area contributed by atoms with Gasteiger partial charge < -0.3 is 4.74 Å². The minimum atomic E-state index is -3.05. The van der Waals surface area contributed by atoms with Crippen LogP contribution in [0.25, 0.3) is 5.69 Å². The molecule has 0 unspecified atom stereocenters. The molecule has 6 nitrogen and oxygen atoms in total. The van der Waals surface area contributed by atoms with E-state index in [9.17, 15) is 13.2 Å². The summed E-state index contributed by atoms with van der Waals surface area (Å²) in [5.74, 6) is -0.353. The number of sulfone groups is 1. The quantitative estimate of drug-likeness (QED) is 0.432. The standard InChI is InChI=1S/C14H14N2O4S4/c17-12(20-11-6-7-24(18,19)9-11)8-22-13-15-16(14(21)23-13)10-4-2-1-3-5-10/h1-5,11H,6-9H2/t11-/m1/s1. The van der Waals surface area contributed by atoms with Gasteiger partial charge in [0.05, 0.1) is 22.9 Å². The molecular formula is C14H14N2O4S4. The zero-order valence-corrected chi connectivity index (χ0v) is 15.7. The molecule has 24 heavy (non-hydrogen) atoms. The second-order valence-electron chi connectivity index (χ2n) is 5.18. The Morgan fingerprint density at radius 1 is 1.42 bits per heavy atom. The Morgan fingerprint density at radius 2 is 2.17 bits per heavy atom. The summed E-state index contributed by atoms with van der Waals surface area (Å²) in [4.78, 5) is 11.9. The van der Waals surface area contributed by atoms with Crippen LogP contribution in [0.4, 0.5) is 0 Å². The van der Waals surface area contributed by atoms with Gasteiger partial charge in [-0.05, 0) is 30.8 Å². The molecule has 0 spiro atoms. The molecule has 1 atom stereocenters. The van der Waals surface area contributed by atoms with Gasteiger partial charge in [-0.1, -0.05) is 41.3 Å². The molecule has 1 aliphatic rings. The Hall–Kier alpha value is -1.23. The molecule has 0 bridgehead atoms. The minimum Gasteiger partial charge on any atom is -0.461 e. The first-order valence-corrected chi connectivity index (χ1v) is 11.1. The molecular weight excluding hydrogens is 388 g/mol. The summed E-state index contributed by atoms with van der Waals surface area (Å²) < 4.78 is 30.8. The van der Waals surface area contributed by atoms with Crippen LogP contribution in [-0.4, -0.2) is 47.5 Å². The van der Waals surface area contributed by atoms with Crippen molar-refractivity contribution in [3.05, 3.63) is 34.3 Å². The van der Waals surface area contributed by atoms with Crippen LogP contribution in [0, 0.1) is 3.95 Å². The van der Waals surface area contributed by atoms with Gasteiger partial charge in [-0.25, -0.2) is 13.1 Å². The normalized spacial score (nSPS) is 19.2. The van der Waals surface area contributed by atoms with Crippen LogP contribution < -0.4 is 0 Å². The summed E-state index contributed by atoms with van der Waals surface area (Å²) in [6, 6.07) is 9.51. The smallest absolute Gasteiger partial charge is 0.316 e. The van der Waals surface area contributed by atoms with Gasteiger partial charge in [0.1, 0.15) is 6.10 Å². The van der Waals surface area contributed by atoms with E-state index in [2.05, 4.69) is 5.10 Å². The fourth-order valence-electron chi connectivity index (χ4n) is 2.25.